The highest BCUT2D eigenvalue weighted by atomic mass is 16.3. The summed E-state index contributed by atoms with van der Waals surface area (Å²) in [4.78, 5) is 21.6. The highest BCUT2D eigenvalue weighted by Crippen LogP contribution is 1.85. The zero-order valence-corrected chi connectivity index (χ0v) is 8.25. The van der Waals surface area contributed by atoms with Crippen LogP contribution >= 0.6 is 0 Å². The second-order valence-electron chi connectivity index (χ2n) is 2.97. The number of carbonyl (C=O) groups excluding carboxylic acids is 2. The molecule has 0 aliphatic carbocycles. The molecular weight excluding hydrogens is 186 g/mol. The first-order valence-corrected chi connectivity index (χ1v) is 4.47. The molecule has 5 N–H and O–H groups in total. The number of hydrogen-bond donors (Lipinski definition) is 4. The number of nitrogens with one attached hydrogen (secondary N) is 2. The van der Waals surface area contributed by atoms with Crippen LogP contribution in [0.2, 0.25) is 0 Å². The van der Waals surface area contributed by atoms with E-state index in [1.54, 1.807) is 6.92 Å². The Morgan fingerprint density at radius 3 is 2.50 bits per heavy atom. The third-order valence-corrected chi connectivity index (χ3v) is 1.52. The van der Waals surface area contributed by atoms with Gasteiger partial charge in [-0.25, -0.2) is 0 Å². The Hall–Kier alpha value is -1.14. The summed E-state index contributed by atoms with van der Waals surface area (Å²) in [5.41, 5.74) is 5.02. The highest BCUT2D eigenvalue weighted by molar-refractivity contribution is 5.85. The van der Waals surface area contributed by atoms with Gasteiger partial charge in [-0.15, -0.1) is 0 Å². The van der Waals surface area contributed by atoms with Crippen molar-refractivity contribution < 1.29 is 14.7 Å². The lowest BCUT2D eigenvalue weighted by molar-refractivity contribution is -0.125. The lowest BCUT2D eigenvalue weighted by Gasteiger charge is -2.07. The number of aliphatic hydroxyl groups excluding tert-OH is 1. The third kappa shape index (κ3) is 7.51. The fourth-order valence-corrected chi connectivity index (χ4v) is 0.734. The van der Waals surface area contributed by atoms with Crippen LogP contribution in [0, 0.1) is 0 Å². The molecule has 6 nitrogen and oxygen atoms in total. The Morgan fingerprint density at radius 1 is 1.36 bits per heavy atom. The fraction of sp³-hybridized carbons (Fsp3) is 0.750. The summed E-state index contributed by atoms with van der Waals surface area (Å²) in [6, 6.07) is 0. The minimum atomic E-state index is -0.436. The molecule has 82 valence electrons. The molecule has 0 radical (unpaired) electrons. The highest BCUT2D eigenvalue weighted by Gasteiger charge is 2.03. The Bertz CT molecular complexity index is 194. The van der Waals surface area contributed by atoms with E-state index < -0.39 is 6.10 Å². The summed E-state index contributed by atoms with van der Waals surface area (Å²) in [6.07, 6.45) is 0.0604. The number of hydrogen-bond acceptors (Lipinski definition) is 4. The van der Waals surface area contributed by atoms with Gasteiger partial charge in [-0.05, 0) is 13.3 Å². The first kappa shape index (κ1) is 12.9. The molecular formula is C8H17N3O3. The molecule has 0 aliphatic heterocycles. The largest absolute Gasteiger partial charge is 0.393 e. The zero-order chi connectivity index (χ0) is 11.0. The van der Waals surface area contributed by atoms with Crippen molar-refractivity contribution >= 4 is 11.8 Å². The van der Waals surface area contributed by atoms with Gasteiger partial charge < -0.3 is 21.5 Å². The van der Waals surface area contributed by atoms with E-state index in [9.17, 15) is 9.59 Å². The lowest BCUT2D eigenvalue weighted by atomic mass is 10.3. The molecule has 0 saturated heterocycles. The molecule has 0 aromatic rings. The average Bonchev–Trinajstić information content (AvgIpc) is 2.13. The summed E-state index contributed by atoms with van der Waals surface area (Å²) >= 11 is 0. The van der Waals surface area contributed by atoms with Gasteiger partial charge in [0.1, 0.15) is 0 Å². The SMILES string of the molecule is CC(O)CCNC(=O)CNC(=O)CN. The average molecular weight is 203 g/mol. The van der Waals surface area contributed by atoms with Crippen molar-refractivity contribution in [1.82, 2.24) is 10.6 Å². The number of aliphatic hydroxyl groups is 1. The summed E-state index contributed by atoms with van der Waals surface area (Å²) in [5, 5.41) is 13.8. The smallest absolute Gasteiger partial charge is 0.239 e. The molecule has 14 heavy (non-hydrogen) atoms. The third-order valence-electron chi connectivity index (χ3n) is 1.52. The fourth-order valence-electron chi connectivity index (χ4n) is 0.734. The van der Waals surface area contributed by atoms with E-state index in [2.05, 4.69) is 10.6 Å². The van der Waals surface area contributed by atoms with Crippen molar-refractivity contribution in [3.8, 4) is 0 Å². The maximum absolute atomic E-state index is 11.0. The summed E-state index contributed by atoms with van der Waals surface area (Å²) < 4.78 is 0. The van der Waals surface area contributed by atoms with E-state index in [0.29, 0.717) is 13.0 Å². The minimum Gasteiger partial charge on any atom is -0.393 e. The number of nitrogens with two attached hydrogens (primary N) is 1. The van der Waals surface area contributed by atoms with Crippen LogP contribution in [0.3, 0.4) is 0 Å². The van der Waals surface area contributed by atoms with Gasteiger partial charge in [0.2, 0.25) is 11.8 Å². The minimum absolute atomic E-state index is 0.0736. The van der Waals surface area contributed by atoms with Crippen molar-refractivity contribution in [2.24, 2.45) is 5.73 Å². The molecule has 0 saturated carbocycles. The lowest BCUT2D eigenvalue weighted by Crippen LogP contribution is -2.40. The topological polar surface area (TPSA) is 104 Å². The zero-order valence-electron chi connectivity index (χ0n) is 8.25. The van der Waals surface area contributed by atoms with Crippen molar-refractivity contribution in [3.05, 3.63) is 0 Å². The molecule has 1 unspecified atom stereocenters. The maximum Gasteiger partial charge on any atom is 0.239 e. The monoisotopic (exact) mass is 203 g/mol. The van der Waals surface area contributed by atoms with Crippen LogP contribution in [0.1, 0.15) is 13.3 Å². The van der Waals surface area contributed by atoms with Crippen molar-refractivity contribution in [2.75, 3.05) is 19.6 Å². The second-order valence-corrected chi connectivity index (χ2v) is 2.97. The van der Waals surface area contributed by atoms with Crippen molar-refractivity contribution in [3.63, 3.8) is 0 Å². The molecule has 1 atom stereocenters. The molecule has 6 heteroatoms. The molecule has 0 rings (SSSR count). The van der Waals surface area contributed by atoms with E-state index in [1.165, 1.54) is 0 Å². The first-order valence-electron chi connectivity index (χ1n) is 4.47. The predicted molar refractivity (Wildman–Crippen MR) is 51.4 cm³/mol. The molecule has 0 aliphatic rings. The van der Waals surface area contributed by atoms with E-state index in [0.717, 1.165) is 0 Å². The van der Waals surface area contributed by atoms with Gasteiger partial charge in [-0.3, -0.25) is 9.59 Å². The summed E-state index contributed by atoms with van der Waals surface area (Å²) in [6.45, 7) is 1.84. The van der Waals surface area contributed by atoms with Crippen molar-refractivity contribution in [2.45, 2.75) is 19.4 Å². The summed E-state index contributed by atoms with van der Waals surface area (Å²) in [7, 11) is 0. The number of carbonyl (C=O) groups is 2. The van der Waals surface area contributed by atoms with E-state index in [1.807, 2.05) is 0 Å². The quantitative estimate of drug-likeness (QED) is 0.399. The normalized spacial score (nSPS) is 11.9. The van der Waals surface area contributed by atoms with Crippen LogP contribution in [0.5, 0.6) is 0 Å². The van der Waals surface area contributed by atoms with Gasteiger partial charge >= 0.3 is 0 Å². The van der Waals surface area contributed by atoms with Crippen molar-refractivity contribution in [1.29, 1.82) is 0 Å². The summed E-state index contributed by atoms with van der Waals surface area (Å²) in [5.74, 6) is -0.650. The molecule has 0 aromatic carbocycles. The Kier molecular flexibility index (Phi) is 6.69. The Balaban J connectivity index is 3.42. The van der Waals surface area contributed by atoms with Crippen LogP contribution in [0.25, 0.3) is 0 Å². The Labute approximate surface area is 82.9 Å². The van der Waals surface area contributed by atoms with Gasteiger partial charge in [0.05, 0.1) is 19.2 Å². The van der Waals surface area contributed by atoms with Gasteiger partial charge in [0.15, 0.2) is 0 Å². The van der Waals surface area contributed by atoms with E-state index in [4.69, 9.17) is 10.8 Å². The van der Waals surface area contributed by atoms with E-state index >= 15 is 0 Å². The molecule has 0 fully saturated rings. The van der Waals surface area contributed by atoms with Gasteiger partial charge in [0.25, 0.3) is 0 Å². The van der Waals surface area contributed by atoms with Crippen LogP contribution < -0.4 is 16.4 Å². The second kappa shape index (κ2) is 7.28. The molecule has 0 aromatic heterocycles. The van der Waals surface area contributed by atoms with Gasteiger partial charge in [-0.1, -0.05) is 0 Å². The van der Waals surface area contributed by atoms with Crippen LogP contribution in [0.15, 0.2) is 0 Å². The van der Waals surface area contributed by atoms with Gasteiger partial charge in [0, 0.05) is 6.54 Å². The predicted octanol–water partition coefficient (Wildman–Crippen LogP) is -2.05. The molecule has 0 spiro atoms. The van der Waals surface area contributed by atoms with E-state index in [-0.39, 0.29) is 24.9 Å². The maximum atomic E-state index is 11.0. The Morgan fingerprint density at radius 2 is 2.00 bits per heavy atom. The number of amides is 2. The van der Waals surface area contributed by atoms with Crippen LogP contribution in [0.4, 0.5) is 0 Å². The first-order chi connectivity index (χ1) is 6.56. The number of rotatable bonds is 6. The standard InChI is InChI=1S/C8H17N3O3/c1-6(12)2-3-10-8(14)5-11-7(13)4-9/h6,12H,2-5,9H2,1H3,(H,10,14)(H,11,13). The molecule has 0 heterocycles. The van der Waals surface area contributed by atoms with Gasteiger partial charge in [-0.2, -0.15) is 0 Å². The molecule has 0 bridgehead atoms. The van der Waals surface area contributed by atoms with Crippen LogP contribution in [-0.2, 0) is 9.59 Å². The molecule has 2 amide bonds. The van der Waals surface area contributed by atoms with Crippen LogP contribution in [-0.4, -0.2) is 42.7 Å².